The Kier molecular flexibility index (Phi) is 4.44. The molecule has 7 nitrogen and oxygen atoms in total. The first-order chi connectivity index (χ1) is 9.18. The van der Waals surface area contributed by atoms with Gasteiger partial charge in [-0.15, -0.1) is 6.58 Å². The lowest BCUT2D eigenvalue weighted by atomic mass is 10.0. The van der Waals surface area contributed by atoms with E-state index in [1.807, 2.05) is 20.8 Å². The molecule has 1 heterocycles. The summed E-state index contributed by atoms with van der Waals surface area (Å²) in [5.74, 6) is -1.06. The molecule has 7 heteroatoms. The summed E-state index contributed by atoms with van der Waals surface area (Å²) < 4.78 is 0. The van der Waals surface area contributed by atoms with Gasteiger partial charge in [0.25, 0.3) is 5.69 Å². The molecule has 0 unspecified atom stereocenters. The largest absolute Gasteiger partial charge is 0.478 e. The standard InChI is InChI=1S/C13H17N3O4/c1-5-6-15(13(2,3)4)11-10(12(17)18)7-9(8-14-11)16(19)20/h5,7-8H,1,6H2,2-4H3,(H,17,18). The Bertz CT molecular complexity index is 549. The van der Waals surface area contributed by atoms with Crippen molar-refractivity contribution in [1.29, 1.82) is 0 Å². The molecule has 0 aromatic carbocycles. The lowest BCUT2D eigenvalue weighted by Gasteiger charge is -2.36. The monoisotopic (exact) mass is 279 g/mol. The van der Waals surface area contributed by atoms with E-state index in [-0.39, 0.29) is 17.1 Å². The molecule has 0 aliphatic carbocycles. The molecule has 0 amide bonds. The van der Waals surface area contributed by atoms with Crippen LogP contribution in [0.25, 0.3) is 0 Å². The van der Waals surface area contributed by atoms with E-state index >= 15 is 0 Å². The molecule has 108 valence electrons. The number of aromatic carboxylic acids is 1. The van der Waals surface area contributed by atoms with Crippen molar-refractivity contribution in [2.75, 3.05) is 11.4 Å². The summed E-state index contributed by atoms with van der Waals surface area (Å²) >= 11 is 0. The van der Waals surface area contributed by atoms with Gasteiger partial charge in [0, 0.05) is 18.2 Å². The Hall–Kier alpha value is -2.44. The van der Waals surface area contributed by atoms with Crippen LogP contribution in [0.15, 0.2) is 24.9 Å². The second-order valence-electron chi connectivity index (χ2n) is 5.20. The maximum Gasteiger partial charge on any atom is 0.339 e. The summed E-state index contributed by atoms with van der Waals surface area (Å²) in [4.78, 5) is 27.1. The van der Waals surface area contributed by atoms with Crippen LogP contribution < -0.4 is 4.90 Å². The van der Waals surface area contributed by atoms with Crippen molar-refractivity contribution in [3.63, 3.8) is 0 Å². The third kappa shape index (κ3) is 3.31. The van der Waals surface area contributed by atoms with E-state index in [0.717, 1.165) is 12.3 Å². The highest BCUT2D eigenvalue weighted by Gasteiger charge is 2.27. The van der Waals surface area contributed by atoms with E-state index in [0.29, 0.717) is 6.54 Å². The van der Waals surface area contributed by atoms with Crippen molar-refractivity contribution in [2.24, 2.45) is 0 Å². The number of aromatic nitrogens is 1. The van der Waals surface area contributed by atoms with Crippen LogP contribution in [0.2, 0.25) is 0 Å². The zero-order chi connectivity index (χ0) is 15.5. The molecule has 0 atom stereocenters. The van der Waals surface area contributed by atoms with Gasteiger partial charge in [-0.25, -0.2) is 9.78 Å². The van der Waals surface area contributed by atoms with Gasteiger partial charge in [0.05, 0.1) is 4.92 Å². The number of carboxylic acid groups (broad SMARTS) is 1. The van der Waals surface area contributed by atoms with Crippen molar-refractivity contribution in [3.8, 4) is 0 Å². The molecule has 1 N–H and O–H groups in total. The highest BCUT2D eigenvalue weighted by molar-refractivity contribution is 5.94. The zero-order valence-corrected chi connectivity index (χ0v) is 11.7. The summed E-state index contributed by atoms with van der Waals surface area (Å²) in [6, 6.07) is 1.02. The Morgan fingerprint density at radius 1 is 1.60 bits per heavy atom. The average Bonchev–Trinajstić information content (AvgIpc) is 2.33. The van der Waals surface area contributed by atoms with E-state index in [2.05, 4.69) is 11.6 Å². The van der Waals surface area contributed by atoms with Crippen LogP contribution in [0.4, 0.5) is 11.5 Å². The topological polar surface area (TPSA) is 96.6 Å². The minimum atomic E-state index is -1.26. The van der Waals surface area contributed by atoms with Crippen LogP contribution in [-0.2, 0) is 0 Å². The maximum absolute atomic E-state index is 11.3. The van der Waals surface area contributed by atoms with E-state index in [1.165, 1.54) is 0 Å². The molecule has 0 saturated heterocycles. The Morgan fingerprint density at radius 2 is 2.20 bits per heavy atom. The predicted octanol–water partition coefficient (Wildman–Crippen LogP) is 2.48. The second kappa shape index (κ2) is 5.68. The third-order valence-electron chi connectivity index (χ3n) is 2.67. The zero-order valence-electron chi connectivity index (χ0n) is 11.7. The van der Waals surface area contributed by atoms with E-state index in [9.17, 15) is 20.0 Å². The van der Waals surface area contributed by atoms with Crippen LogP contribution in [0, 0.1) is 10.1 Å². The molecule has 1 aromatic rings. The van der Waals surface area contributed by atoms with Gasteiger partial charge in [0.2, 0.25) is 0 Å². The van der Waals surface area contributed by atoms with Gasteiger partial charge in [-0.2, -0.15) is 0 Å². The molecular weight excluding hydrogens is 262 g/mol. The highest BCUT2D eigenvalue weighted by atomic mass is 16.6. The molecule has 0 aliphatic rings. The van der Waals surface area contributed by atoms with Crippen LogP contribution in [0.3, 0.4) is 0 Å². The van der Waals surface area contributed by atoms with Gasteiger partial charge in [-0.1, -0.05) is 6.08 Å². The number of pyridine rings is 1. The molecule has 0 bridgehead atoms. The van der Waals surface area contributed by atoms with Gasteiger partial charge in [-0.05, 0) is 20.8 Å². The van der Waals surface area contributed by atoms with Crippen molar-refractivity contribution >= 4 is 17.5 Å². The number of nitrogens with zero attached hydrogens (tertiary/aromatic N) is 3. The summed E-state index contributed by atoms with van der Waals surface area (Å²) in [5.41, 5.74) is -0.948. The fourth-order valence-electron chi connectivity index (χ4n) is 1.73. The summed E-state index contributed by atoms with van der Waals surface area (Å²) in [7, 11) is 0. The van der Waals surface area contributed by atoms with Gasteiger partial charge >= 0.3 is 5.97 Å². The first-order valence-electron chi connectivity index (χ1n) is 5.94. The van der Waals surface area contributed by atoms with Gasteiger partial charge < -0.3 is 10.0 Å². The molecule has 0 aliphatic heterocycles. The van der Waals surface area contributed by atoms with Crippen LogP contribution in [0.5, 0.6) is 0 Å². The SMILES string of the molecule is C=CCN(c1ncc([N+](=O)[O-])cc1C(=O)O)C(C)(C)C. The molecule has 0 spiro atoms. The van der Waals surface area contributed by atoms with Crippen molar-refractivity contribution in [3.05, 3.63) is 40.6 Å². The lowest BCUT2D eigenvalue weighted by molar-refractivity contribution is -0.385. The third-order valence-corrected chi connectivity index (χ3v) is 2.67. The van der Waals surface area contributed by atoms with Crippen molar-refractivity contribution < 1.29 is 14.8 Å². The van der Waals surface area contributed by atoms with Crippen molar-refractivity contribution in [1.82, 2.24) is 4.98 Å². The number of hydrogen-bond acceptors (Lipinski definition) is 5. The number of nitro groups is 1. The van der Waals surface area contributed by atoms with E-state index < -0.39 is 16.4 Å². The quantitative estimate of drug-likeness (QED) is 0.505. The molecule has 0 saturated carbocycles. The molecular formula is C13H17N3O4. The first-order valence-corrected chi connectivity index (χ1v) is 5.94. The lowest BCUT2D eigenvalue weighted by Crippen LogP contribution is -2.43. The Morgan fingerprint density at radius 3 is 2.60 bits per heavy atom. The molecule has 0 fully saturated rings. The fraction of sp³-hybridized carbons (Fsp3) is 0.385. The number of rotatable bonds is 5. The van der Waals surface area contributed by atoms with Gasteiger partial charge in [-0.3, -0.25) is 10.1 Å². The van der Waals surface area contributed by atoms with Crippen LogP contribution in [-0.4, -0.2) is 33.1 Å². The number of carboxylic acids is 1. The van der Waals surface area contributed by atoms with Gasteiger partial charge in [0.15, 0.2) is 0 Å². The van der Waals surface area contributed by atoms with E-state index in [4.69, 9.17) is 0 Å². The first kappa shape index (κ1) is 15.6. The minimum absolute atomic E-state index is 0.190. The summed E-state index contributed by atoms with van der Waals surface area (Å²) in [6.07, 6.45) is 2.68. The molecule has 20 heavy (non-hydrogen) atoms. The molecule has 1 aromatic heterocycles. The van der Waals surface area contributed by atoms with Crippen LogP contribution >= 0.6 is 0 Å². The number of hydrogen-bond donors (Lipinski definition) is 1. The Balaban J connectivity index is 3.45. The normalized spacial score (nSPS) is 10.9. The number of anilines is 1. The van der Waals surface area contributed by atoms with Crippen molar-refractivity contribution in [2.45, 2.75) is 26.3 Å². The minimum Gasteiger partial charge on any atom is -0.478 e. The second-order valence-corrected chi connectivity index (χ2v) is 5.20. The summed E-state index contributed by atoms with van der Waals surface area (Å²) in [5, 5.41) is 20.0. The Labute approximate surface area is 116 Å². The molecule has 1 rings (SSSR count). The predicted molar refractivity (Wildman–Crippen MR) is 75.1 cm³/mol. The van der Waals surface area contributed by atoms with Gasteiger partial charge in [0.1, 0.15) is 17.6 Å². The summed E-state index contributed by atoms with van der Waals surface area (Å²) in [6.45, 7) is 9.70. The smallest absolute Gasteiger partial charge is 0.339 e. The average molecular weight is 279 g/mol. The highest BCUT2D eigenvalue weighted by Crippen LogP contribution is 2.27. The van der Waals surface area contributed by atoms with Crippen LogP contribution in [0.1, 0.15) is 31.1 Å². The molecule has 0 radical (unpaired) electrons. The van der Waals surface area contributed by atoms with E-state index in [1.54, 1.807) is 11.0 Å². The number of carbonyl (C=O) groups is 1. The maximum atomic E-state index is 11.3. The fourth-order valence-corrected chi connectivity index (χ4v) is 1.73.